The molecule has 0 bridgehead atoms. The highest BCUT2D eigenvalue weighted by molar-refractivity contribution is 5.95. The molecule has 0 heterocycles. The Hall–Kier alpha value is -1.27. The van der Waals surface area contributed by atoms with Crippen molar-refractivity contribution in [1.29, 1.82) is 0 Å². The summed E-state index contributed by atoms with van der Waals surface area (Å²) in [6, 6.07) is 0. The van der Waals surface area contributed by atoms with Gasteiger partial charge in [-0.05, 0) is 44.4 Å². The van der Waals surface area contributed by atoms with Crippen LogP contribution in [0.5, 0.6) is 0 Å². The van der Waals surface area contributed by atoms with Crippen LogP contribution in [0.3, 0.4) is 0 Å². The van der Waals surface area contributed by atoms with E-state index in [2.05, 4.69) is 0 Å². The van der Waals surface area contributed by atoms with Crippen LogP contribution in [0.1, 0.15) is 74.1 Å². The standard InChI is InChI=1S/C23H38O6/c1-8-13(2)19-22(6,17(25)9-10-29-15(4)24)18-14(3)11-21(5,27)12-16(18)20(26)23(19,7)28/h13-14,16,18-19,27-28H,8-12H2,1-7H3/t13-,14-,16+,18+,19-,21-,22+,23+/m1/s1. The van der Waals surface area contributed by atoms with Gasteiger partial charge >= 0.3 is 5.97 Å². The molecule has 2 aliphatic carbocycles. The zero-order chi connectivity index (χ0) is 22.4. The molecular formula is C23H38O6. The van der Waals surface area contributed by atoms with Crippen LogP contribution in [0.2, 0.25) is 0 Å². The third-order valence-corrected chi connectivity index (χ3v) is 7.70. The van der Waals surface area contributed by atoms with E-state index < -0.39 is 34.4 Å². The molecule has 0 aromatic rings. The van der Waals surface area contributed by atoms with Crippen LogP contribution >= 0.6 is 0 Å². The van der Waals surface area contributed by atoms with Crippen molar-refractivity contribution in [3.63, 3.8) is 0 Å². The molecule has 2 saturated carbocycles. The van der Waals surface area contributed by atoms with Gasteiger partial charge in [0.25, 0.3) is 0 Å². The van der Waals surface area contributed by atoms with Gasteiger partial charge in [0.1, 0.15) is 11.4 Å². The Bertz CT molecular complexity index is 666. The number of ketones is 2. The van der Waals surface area contributed by atoms with E-state index >= 15 is 0 Å². The first-order valence-corrected chi connectivity index (χ1v) is 10.9. The van der Waals surface area contributed by atoms with Gasteiger partial charge in [-0.1, -0.05) is 34.1 Å². The number of carbonyl (C=O) groups is 3. The normalized spacial score (nSPS) is 43.4. The summed E-state index contributed by atoms with van der Waals surface area (Å²) in [6.07, 6.45) is 1.53. The van der Waals surface area contributed by atoms with Crippen LogP contribution in [0, 0.1) is 35.0 Å². The van der Waals surface area contributed by atoms with Crippen molar-refractivity contribution in [3.8, 4) is 0 Å². The van der Waals surface area contributed by atoms with Gasteiger partial charge in [0.15, 0.2) is 5.78 Å². The molecule has 0 aliphatic heterocycles. The van der Waals surface area contributed by atoms with E-state index in [1.165, 1.54) is 13.8 Å². The van der Waals surface area contributed by atoms with E-state index in [9.17, 15) is 24.6 Å². The Balaban J connectivity index is 2.57. The fraction of sp³-hybridized carbons (Fsp3) is 0.870. The summed E-state index contributed by atoms with van der Waals surface area (Å²) in [5.74, 6) is -2.27. The number of hydrogen-bond acceptors (Lipinski definition) is 6. The van der Waals surface area contributed by atoms with Crippen LogP contribution in [0.25, 0.3) is 0 Å². The Kier molecular flexibility index (Phi) is 6.71. The van der Waals surface area contributed by atoms with E-state index in [0.29, 0.717) is 6.42 Å². The number of fused-ring (bicyclic) bond motifs is 1. The molecule has 2 aliphatic rings. The number of aliphatic hydroxyl groups is 2. The molecule has 0 radical (unpaired) electrons. The molecule has 0 amide bonds. The maximum absolute atomic E-state index is 13.6. The predicted octanol–water partition coefficient (Wildman–Crippen LogP) is 2.92. The summed E-state index contributed by atoms with van der Waals surface area (Å²) >= 11 is 0. The quantitative estimate of drug-likeness (QED) is 0.653. The molecule has 6 heteroatoms. The van der Waals surface area contributed by atoms with Crippen molar-refractivity contribution in [2.45, 2.75) is 85.4 Å². The number of Topliss-reactive ketones (excluding diaryl/α,β-unsaturated/α-hetero) is 2. The second kappa shape index (κ2) is 8.10. The van der Waals surface area contributed by atoms with Crippen molar-refractivity contribution in [1.82, 2.24) is 0 Å². The van der Waals surface area contributed by atoms with Crippen molar-refractivity contribution in [3.05, 3.63) is 0 Å². The van der Waals surface area contributed by atoms with E-state index in [0.717, 1.165) is 6.42 Å². The van der Waals surface area contributed by atoms with Crippen LogP contribution in [-0.4, -0.2) is 45.6 Å². The zero-order valence-electron chi connectivity index (χ0n) is 18.9. The van der Waals surface area contributed by atoms with Crippen LogP contribution < -0.4 is 0 Å². The minimum absolute atomic E-state index is 0.00342. The lowest BCUT2D eigenvalue weighted by Gasteiger charge is -2.61. The average molecular weight is 411 g/mol. The lowest BCUT2D eigenvalue weighted by molar-refractivity contribution is -0.205. The van der Waals surface area contributed by atoms with Crippen molar-refractivity contribution >= 4 is 17.5 Å². The maximum Gasteiger partial charge on any atom is 0.302 e. The molecule has 166 valence electrons. The number of ether oxygens (including phenoxy) is 1. The second-order valence-corrected chi connectivity index (χ2v) is 10.2. The van der Waals surface area contributed by atoms with Crippen molar-refractivity contribution < 1.29 is 29.3 Å². The first-order chi connectivity index (χ1) is 13.2. The average Bonchev–Trinajstić information content (AvgIpc) is 2.57. The van der Waals surface area contributed by atoms with Gasteiger partial charge in [0.2, 0.25) is 0 Å². The minimum Gasteiger partial charge on any atom is -0.465 e. The van der Waals surface area contributed by atoms with Gasteiger partial charge in [0, 0.05) is 30.6 Å². The van der Waals surface area contributed by atoms with Crippen molar-refractivity contribution in [2.75, 3.05) is 6.61 Å². The molecule has 2 N–H and O–H groups in total. The Morgan fingerprint density at radius 2 is 1.79 bits per heavy atom. The summed E-state index contributed by atoms with van der Waals surface area (Å²) in [5, 5.41) is 22.2. The maximum atomic E-state index is 13.6. The summed E-state index contributed by atoms with van der Waals surface area (Å²) in [5.41, 5.74) is -3.61. The Morgan fingerprint density at radius 1 is 1.21 bits per heavy atom. The van der Waals surface area contributed by atoms with Gasteiger partial charge in [-0.25, -0.2) is 0 Å². The molecule has 2 fully saturated rings. The SMILES string of the molecule is CC[C@@H](C)[C@@H]1[C@@](C)(C(=O)CCOC(C)=O)[C@H]2[C@H](C)C[C@@](C)(O)C[C@@H]2C(=O)[C@@]1(C)O. The highest BCUT2D eigenvalue weighted by Gasteiger charge is 2.67. The van der Waals surface area contributed by atoms with Crippen LogP contribution in [0.15, 0.2) is 0 Å². The summed E-state index contributed by atoms with van der Waals surface area (Å²) in [6.45, 7) is 12.4. The molecular weight excluding hydrogens is 372 g/mol. The summed E-state index contributed by atoms with van der Waals surface area (Å²) in [7, 11) is 0. The zero-order valence-corrected chi connectivity index (χ0v) is 18.9. The lowest BCUT2D eigenvalue weighted by atomic mass is 9.42. The number of esters is 1. The number of hydrogen-bond donors (Lipinski definition) is 2. The van der Waals surface area contributed by atoms with Gasteiger partial charge in [0.05, 0.1) is 12.2 Å². The molecule has 2 rings (SSSR count). The lowest BCUT2D eigenvalue weighted by Crippen LogP contribution is -2.69. The Labute approximate surface area is 174 Å². The molecule has 0 aromatic carbocycles. The topological polar surface area (TPSA) is 101 Å². The van der Waals surface area contributed by atoms with Gasteiger partial charge < -0.3 is 14.9 Å². The fourth-order valence-electron chi connectivity index (χ4n) is 6.78. The molecule has 0 aromatic heterocycles. The highest BCUT2D eigenvalue weighted by atomic mass is 16.5. The minimum atomic E-state index is -1.66. The third kappa shape index (κ3) is 4.15. The molecule has 0 spiro atoms. The predicted molar refractivity (Wildman–Crippen MR) is 109 cm³/mol. The Morgan fingerprint density at radius 3 is 2.31 bits per heavy atom. The largest absolute Gasteiger partial charge is 0.465 e. The highest BCUT2D eigenvalue weighted by Crippen LogP contribution is 2.61. The molecule has 8 atom stereocenters. The summed E-state index contributed by atoms with van der Waals surface area (Å²) < 4.78 is 5.01. The van der Waals surface area contributed by atoms with E-state index in [1.807, 2.05) is 27.7 Å². The molecule has 29 heavy (non-hydrogen) atoms. The second-order valence-electron chi connectivity index (χ2n) is 10.2. The van der Waals surface area contributed by atoms with E-state index in [-0.39, 0.29) is 48.8 Å². The number of rotatable bonds is 6. The third-order valence-electron chi connectivity index (χ3n) is 7.70. The van der Waals surface area contributed by atoms with Crippen LogP contribution in [-0.2, 0) is 19.1 Å². The summed E-state index contributed by atoms with van der Waals surface area (Å²) in [4.78, 5) is 38.2. The first-order valence-electron chi connectivity index (χ1n) is 10.9. The first kappa shape index (κ1) is 24.0. The smallest absolute Gasteiger partial charge is 0.302 e. The molecule has 0 saturated heterocycles. The molecule has 6 nitrogen and oxygen atoms in total. The van der Waals surface area contributed by atoms with Crippen LogP contribution in [0.4, 0.5) is 0 Å². The van der Waals surface area contributed by atoms with Crippen molar-refractivity contribution in [2.24, 2.45) is 35.0 Å². The van der Waals surface area contributed by atoms with Gasteiger partial charge in [-0.2, -0.15) is 0 Å². The van der Waals surface area contributed by atoms with Gasteiger partial charge in [-0.15, -0.1) is 0 Å². The monoisotopic (exact) mass is 410 g/mol. The fourth-order valence-corrected chi connectivity index (χ4v) is 6.78. The van der Waals surface area contributed by atoms with E-state index in [4.69, 9.17) is 4.74 Å². The van der Waals surface area contributed by atoms with E-state index in [1.54, 1.807) is 6.92 Å². The molecule has 0 unspecified atom stereocenters. The van der Waals surface area contributed by atoms with Gasteiger partial charge in [-0.3, -0.25) is 14.4 Å². The number of carbonyl (C=O) groups excluding carboxylic acids is 3.